The lowest BCUT2D eigenvalue weighted by Gasteiger charge is -2.22. The molecule has 1 aromatic rings. The largest absolute Gasteiger partial charge is 0.396 e. The quantitative estimate of drug-likeness (QED) is 0.577. The zero-order chi connectivity index (χ0) is 13.9. The van der Waals surface area contributed by atoms with Gasteiger partial charge in [0.05, 0.1) is 11.4 Å². The molecule has 0 heterocycles. The number of nitrogens with one attached hydrogen (secondary N) is 1. The first kappa shape index (κ1) is 14.7. The summed E-state index contributed by atoms with van der Waals surface area (Å²) in [5.41, 5.74) is 6.36. The highest BCUT2D eigenvalue weighted by atomic mass is 32.2. The minimum atomic E-state index is -3.83. The summed E-state index contributed by atoms with van der Waals surface area (Å²) in [6.07, 6.45) is 0. The number of para-hydroxylation sites is 1. The number of aliphatic hydroxyl groups excluding tert-OH is 1. The second-order valence-electron chi connectivity index (χ2n) is 4.36. The Morgan fingerprint density at radius 2 is 2.00 bits per heavy atom. The molecule has 0 spiro atoms. The Balaban J connectivity index is 3.06. The van der Waals surface area contributed by atoms with Gasteiger partial charge in [-0.25, -0.2) is 13.6 Å². The highest BCUT2D eigenvalue weighted by Gasteiger charge is 2.17. The lowest BCUT2D eigenvalue weighted by atomic mass is 10.0. The van der Waals surface area contributed by atoms with Crippen molar-refractivity contribution in [3.05, 3.63) is 18.2 Å². The molecule has 2 unspecified atom stereocenters. The summed E-state index contributed by atoms with van der Waals surface area (Å²) < 4.78 is 22.6. The zero-order valence-corrected chi connectivity index (χ0v) is 11.2. The maximum Gasteiger partial charge on any atom is 0.240 e. The molecule has 0 aliphatic carbocycles. The number of rotatable bonds is 5. The normalized spacial score (nSPS) is 15.1. The first-order chi connectivity index (χ1) is 8.27. The zero-order valence-electron chi connectivity index (χ0n) is 10.4. The molecular formula is C11H19N3O3S. The summed E-state index contributed by atoms with van der Waals surface area (Å²) in [7, 11) is -3.83. The fraction of sp³-hybridized carbons (Fsp3) is 0.455. The fourth-order valence-electron chi connectivity index (χ4n) is 1.46. The second-order valence-corrected chi connectivity index (χ2v) is 5.89. The number of aliphatic hydroxyl groups is 1. The average Bonchev–Trinajstić information content (AvgIpc) is 2.29. The van der Waals surface area contributed by atoms with Crippen LogP contribution in [0.2, 0.25) is 0 Å². The van der Waals surface area contributed by atoms with Crippen LogP contribution in [0, 0.1) is 5.92 Å². The van der Waals surface area contributed by atoms with E-state index in [9.17, 15) is 8.42 Å². The third-order valence-electron chi connectivity index (χ3n) is 2.90. The number of hydrogen-bond donors (Lipinski definition) is 4. The number of nitrogens with two attached hydrogens (primary N) is 2. The van der Waals surface area contributed by atoms with Crippen molar-refractivity contribution in [2.24, 2.45) is 11.1 Å². The molecule has 102 valence electrons. The molecule has 0 fully saturated rings. The number of hydrogen-bond acceptors (Lipinski definition) is 5. The molecule has 0 aromatic heterocycles. The molecule has 0 radical (unpaired) electrons. The molecule has 0 saturated heterocycles. The summed E-state index contributed by atoms with van der Waals surface area (Å²) >= 11 is 0. The van der Waals surface area contributed by atoms with Gasteiger partial charge in [0.1, 0.15) is 4.90 Å². The number of sulfonamides is 1. The van der Waals surface area contributed by atoms with Gasteiger partial charge in [-0.3, -0.25) is 0 Å². The molecular weight excluding hydrogens is 254 g/mol. The van der Waals surface area contributed by atoms with Crippen molar-refractivity contribution in [2.75, 3.05) is 17.7 Å². The molecule has 6 N–H and O–H groups in total. The molecule has 0 bridgehead atoms. The van der Waals surface area contributed by atoms with Crippen LogP contribution in [-0.4, -0.2) is 26.2 Å². The summed E-state index contributed by atoms with van der Waals surface area (Å²) in [4.78, 5) is -0.101. The van der Waals surface area contributed by atoms with E-state index in [4.69, 9.17) is 16.0 Å². The second kappa shape index (κ2) is 5.55. The van der Waals surface area contributed by atoms with Gasteiger partial charge in [-0.2, -0.15) is 0 Å². The Labute approximate surface area is 107 Å². The van der Waals surface area contributed by atoms with Crippen molar-refractivity contribution in [1.82, 2.24) is 0 Å². The van der Waals surface area contributed by atoms with Gasteiger partial charge in [-0.1, -0.05) is 13.0 Å². The third-order valence-corrected chi connectivity index (χ3v) is 3.87. The van der Waals surface area contributed by atoms with E-state index >= 15 is 0 Å². The van der Waals surface area contributed by atoms with Crippen LogP contribution in [0.15, 0.2) is 23.1 Å². The van der Waals surface area contributed by atoms with Gasteiger partial charge in [-0.15, -0.1) is 0 Å². The van der Waals surface area contributed by atoms with Gasteiger partial charge in [0.25, 0.3) is 0 Å². The van der Waals surface area contributed by atoms with E-state index in [0.29, 0.717) is 5.69 Å². The highest BCUT2D eigenvalue weighted by Crippen LogP contribution is 2.27. The van der Waals surface area contributed by atoms with Crippen LogP contribution in [0.3, 0.4) is 0 Å². The van der Waals surface area contributed by atoms with Gasteiger partial charge in [0.2, 0.25) is 10.0 Å². The predicted octanol–water partition coefficient (Wildman–Crippen LogP) is 0.345. The van der Waals surface area contributed by atoms with Gasteiger partial charge in [0, 0.05) is 12.6 Å². The van der Waals surface area contributed by atoms with Gasteiger partial charge in [0.15, 0.2) is 0 Å². The smallest absolute Gasteiger partial charge is 0.240 e. The summed E-state index contributed by atoms with van der Waals surface area (Å²) in [6.45, 7) is 3.78. The van der Waals surface area contributed by atoms with Gasteiger partial charge >= 0.3 is 0 Å². The van der Waals surface area contributed by atoms with Crippen LogP contribution >= 0.6 is 0 Å². The molecule has 2 atom stereocenters. The standard InChI is InChI=1S/C11H19N3O3S/c1-7(6-15)8(2)14-9-4-3-5-10(11(9)12)18(13,16)17/h3-5,7-8,14-15H,6,12H2,1-2H3,(H2,13,16,17). The van der Waals surface area contributed by atoms with Crippen molar-refractivity contribution in [1.29, 1.82) is 0 Å². The van der Waals surface area contributed by atoms with Gasteiger partial charge < -0.3 is 16.2 Å². The van der Waals surface area contributed by atoms with Gasteiger partial charge in [-0.05, 0) is 25.0 Å². The first-order valence-corrected chi connectivity index (χ1v) is 7.10. The molecule has 0 saturated carbocycles. The van der Waals surface area contributed by atoms with E-state index < -0.39 is 10.0 Å². The lowest BCUT2D eigenvalue weighted by molar-refractivity contribution is 0.226. The van der Waals surface area contributed by atoms with Crippen LogP contribution in [0.5, 0.6) is 0 Å². The van der Waals surface area contributed by atoms with E-state index in [-0.39, 0.29) is 29.1 Å². The number of nitrogen functional groups attached to an aromatic ring is 1. The minimum absolute atomic E-state index is 0.0162. The maximum absolute atomic E-state index is 11.3. The average molecular weight is 273 g/mol. The SMILES string of the molecule is CC(CO)C(C)Nc1cccc(S(N)(=O)=O)c1N. The van der Waals surface area contributed by atoms with Crippen LogP contribution in [0.25, 0.3) is 0 Å². The van der Waals surface area contributed by atoms with E-state index in [2.05, 4.69) is 5.32 Å². The molecule has 0 amide bonds. The number of benzene rings is 1. The molecule has 18 heavy (non-hydrogen) atoms. The Morgan fingerprint density at radius 3 is 2.50 bits per heavy atom. The molecule has 0 aliphatic rings. The van der Waals surface area contributed by atoms with Crippen LogP contribution < -0.4 is 16.2 Å². The van der Waals surface area contributed by atoms with Crippen LogP contribution in [-0.2, 0) is 10.0 Å². The van der Waals surface area contributed by atoms with Crippen molar-refractivity contribution in [2.45, 2.75) is 24.8 Å². The molecule has 1 aromatic carbocycles. The number of primary sulfonamides is 1. The summed E-state index contributed by atoms with van der Waals surface area (Å²) in [5.74, 6) is 0.0162. The van der Waals surface area contributed by atoms with Crippen molar-refractivity contribution < 1.29 is 13.5 Å². The topological polar surface area (TPSA) is 118 Å². The van der Waals surface area contributed by atoms with E-state index in [0.717, 1.165) is 0 Å². The van der Waals surface area contributed by atoms with E-state index in [1.807, 2.05) is 13.8 Å². The molecule has 6 nitrogen and oxygen atoms in total. The molecule has 1 rings (SSSR count). The summed E-state index contributed by atoms with van der Waals surface area (Å²) in [5, 5.41) is 17.2. The van der Waals surface area contributed by atoms with Crippen molar-refractivity contribution >= 4 is 21.4 Å². The lowest BCUT2D eigenvalue weighted by Crippen LogP contribution is -2.27. The Kier molecular flexibility index (Phi) is 4.55. The fourth-order valence-corrected chi connectivity index (χ4v) is 2.15. The van der Waals surface area contributed by atoms with Crippen LogP contribution in [0.1, 0.15) is 13.8 Å². The maximum atomic E-state index is 11.3. The molecule has 7 heteroatoms. The first-order valence-electron chi connectivity index (χ1n) is 5.56. The monoisotopic (exact) mass is 273 g/mol. The third kappa shape index (κ3) is 3.34. The number of anilines is 2. The molecule has 0 aliphatic heterocycles. The van der Waals surface area contributed by atoms with E-state index in [1.54, 1.807) is 12.1 Å². The highest BCUT2D eigenvalue weighted by molar-refractivity contribution is 7.89. The summed E-state index contributed by atoms with van der Waals surface area (Å²) in [6, 6.07) is 4.54. The van der Waals surface area contributed by atoms with E-state index in [1.165, 1.54) is 6.07 Å². The Bertz CT molecular complexity index is 516. The predicted molar refractivity (Wildman–Crippen MR) is 71.6 cm³/mol. The van der Waals surface area contributed by atoms with Crippen molar-refractivity contribution in [3.63, 3.8) is 0 Å². The van der Waals surface area contributed by atoms with Crippen LogP contribution in [0.4, 0.5) is 11.4 Å². The minimum Gasteiger partial charge on any atom is -0.396 e. The Hall–Kier alpha value is -1.31. The Morgan fingerprint density at radius 1 is 1.39 bits per heavy atom. The van der Waals surface area contributed by atoms with Crippen molar-refractivity contribution in [3.8, 4) is 0 Å².